The van der Waals surface area contributed by atoms with Gasteiger partial charge < -0.3 is 10.2 Å². The van der Waals surface area contributed by atoms with Crippen LogP contribution in [0, 0.1) is 11.8 Å². The van der Waals surface area contributed by atoms with Gasteiger partial charge >= 0.3 is 0 Å². The summed E-state index contributed by atoms with van der Waals surface area (Å²) in [5.41, 5.74) is 1.27. The fourth-order valence-corrected chi connectivity index (χ4v) is 6.11. The molecule has 4 nitrogen and oxygen atoms in total. The Kier molecular flexibility index (Phi) is 4.90. The van der Waals surface area contributed by atoms with E-state index >= 15 is 0 Å². The summed E-state index contributed by atoms with van der Waals surface area (Å²) in [6.07, 6.45) is 11.1. The number of hydrogen-bond donors (Lipinski definition) is 1. The van der Waals surface area contributed by atoms with Crippen molar-refractivity contribution >= 4 is 11.8 Å². The zero-order valence-corrected chi connectivity index (χ0v) is 16.7. The van der Waals surface area contributed by atoms with Crippen molar-refractivity contribution in [2.75, 3.05) is 0 Å². The van der Waals surface area contributed by atoms with Gasteiger partial charge in [-0.1, -0.05) is 56.0 Å². The number of nitrogens with zero attached hydrogens (tertiary/aromatic N) is 1. The molecule has 4 aliphatic rings. The van der Waals surface area contributed by atoms with E-state index in [0.29, 0.717) is 17.9 Å². The number of benzene rings is 1. The van der Waals surface area contributed by atoms with Gasteiger partial charge in [0.2, 0.25) is 11.8 Å². The second-order valence-electron chi connectivity index (χ2n) is 9.46. The lowest BCUT2D eigenvalue weighted by Crippen LogP contribution is -2.51. The first-order chi connectivity index (χ1) is 13.7. The molecule has 1 aromatic carbocycles. The molecule has 1 aromatic rings. The van der Waals surface area contributed by atoms with Gasteiger partial charge in [-0.15, -0.1) is 0 Å². The summed E-state index contributed by atoms with van der Waals surface area (Å²) >= 11 is 0. The van der Waals surface area contributed by atoms with Crippen LogP contribution in [-0.4, -0.2) is 34.8 Å². The van der Waals surface area contributed by atoms with Crippen LogP contribution in [-0.2, 0) is 9.59 Å². The molecule has 4 heteroatoms. The lowest BCUT2D eigenvalue weighted by Gasteiger charge is -2.34. The van der Waals surface area contributed by atoms with Crippen molar-refractivity contribution in [1.82, 2.24) is 10.2 Å². The van der Waals surface area contributed by atoms with E-state index in [0.717, 1.165) is 32.1 Å². The van der Waals surface area contributed by atoms with E-state index in [1.54, 1.807) is 0 Å². The van der Waals surface area contributed by atoms with Crippen molar-refractivity contribution in [3.8, 4) is 0 Å². The van der Waals surface area contributed by atoms with Gasteiger partial charge in [0.25, 0.3) is 0 Å². The number of likely N-dealkylation sites (tertiary alicyclic amines) is 1. The molecule has 0 bridgehead atoms. The monoisotopic (exact) mass is 380 g/mol. The van der Waals surface area contributed by atoms with Crippen LogP contribution in [0.2, 0.25) is 0 Å². The molecule has 0 unspecified atom stereocenters. The highest BCUT2D eigenvalue weighted by Crippen LogP contribution is 2.51. The van der Waals surface area contributed by atoms with Gasteiger partial charge in [0, 0.05) is 18.0 Å². The van der Waals surface area contributed by atoms with E-state index in [9.17, 15) is 9.59 Å². The minimum Gasteiger partial charge on any atom is -0.352 e. The second-order valence-corrected chi connectivity index (χ2v) is 9.46. The third-order valence-corrected chi connectivity index (χ3v) is 7.68. The van der Waals surface area contributed by atoms with Crippen LogP contribution < -0.4 is 5.32 Å². The van der Waals surface area contributed by atoms with Crippen LogP contribution in [0.25, 0.3) is 0 Å². The molecular formula is C24H32N2O2. The number of carbonyl (C=O) groups excluding carboxylic acids is 2. The van der Waals surface area contributed by atoms with Crippen molar-refractivity contribution in [2.24, 2.45) is 11.8 Å². The maximum Gasteiger partial charge on any atom is 0.243 e. The van der Waals surface area contributed by atoms with Crippen molar-refractivity contribution < 1.29 is 9.59 Å². The molecule has 150 valence electrons. The highest BCUT2D eigenvalue weighted by Gasteiger charge is 2.53. The number of amides is 2. The topological polar surface area (TPSA) is 49.4 Å². The van der Waals surface area contributed by atoms with Gasteiger partial charge in [0.05, 0.1) is 0 Å². The molecule has 0 radical (unpaired) electrons. The van der Waals surface area contributed by atoms with Gasteiger partial charge in [-0.05, 0) is 55.9 Å². The highest BCUT2D eigenvalue weighted by atomic mass is 16.2. The van der Waals surface area contributed by atoms with Crippen molar-refractivity contribution in [2.45, 2.75) is 88.3 Å². The number of rotatable bonds is 4. The number of carbonyl (C=O) groups is 2. The Morgan fingerprint density at radius 3 is 2.39 bits per heavy atom. The summed E-state index contributed by atoms with van der Waals surface area (Å²) in [6.45, 7) is 0. The van der Waals surface area contributed by atoms with Gasteiger partial charge in [-0.2, -0.15) is 0 Å². The third kappa shape index (κ3) is 3.35. The lowest BCUT2D eigenvalue weighted by molar-refractivity contribution is -0.142. The van der Waals surface area contributed by atoms with E-state index < -0.39 is 0 Å². The molecule has 1 saturated heterocycles. The molecule has 0 aromatic heterocycles. The quantitative estimate of drug-likeness (QED) is 0.858. The van der Waals surface area contributed by atoms with Crippen LogP contribution in [0.4, 0.5) is 0 Å². The van der Waals surface area contributed by atoms with E-state index in [1.807, 2.05) is 6.07 Å². The summed E-state index contributed by atoms with van der Waals surface area (Å²) < 4.78 is 0. The molecule has 1 N–H and O–H groups in total. The first-order valence-electron chi connectivity index (χ1n) is 11.4. The Hall–Kier alpha value is -1.84. The molecule has 5 rings (SSSR count). The number of nitrogens with one attached hydrogen (secondary N) is 1. The van der Waals surface area contributed by atoms with Crippen LogP contribution in [0.3, 0.4) is 0 Å². The maximum absolute atomic E-state index is 13.5. The summed E-state index contributed by atoms with van der Waals surface area (Å²) in [6, 6.07) is 10.8. The van der Waals surface area contributed by atoms with E-state index in [2.05, 4.69) is 34.5 Å². The minimum absolute atomic E-state index is 0.0739. The molecule has 3 aliphatic carbocycles. The van der Waals surface area contributed by atoms with Gasteiger partial charge in [0.15, 0.2) is 0 Å². The Morgan fingerprint density at radius 2 is 1.61 bits per heavy atom. The van der Waals surface area contributed by atoms with Crippen LogP contribution in [0.15, 0.2) is 30.3 Å². The summed E-state index contributed by atoms with van der Waals surface area (Å²) in [5, 5.41) is 3.28. The summed E-state index contributed by atoms with van der Waals surface area (Å²) in [7, 11) is 0. The van der Waals surface area contributed by atoms with Crippen molar-refractivity contribution in [3.63, 3.8) is 0 Å². The summed E-state index contributed by atoms with van der Waals surface area (Å²) in [4.78, 5) is 28.8. The standard InChI is InChI=1S/C24H32N2O2/c27-23(25-18-11-5-6-12-18)22-14-17-10-4-7-13-21(17)26(22)24(28)20-15-19(20)16-8-2-1-3-9-16/h1-3,8-9,17-22H,4-7,10-15H2,(H,25,27)/t17-,19+,20+,21-,22-/m0/s1. The predicted octanol–water partition coefficient (Wildman–Crippen LogP) is 4.01. The Balaban J connectivity index is 1.33. The fourth-order valence-electron chi connectivity index (χ4n) is 6.11. The van der Waals surface area contributed by atoms with E-state index in [4.69, 9.17) is 0 Å². The predicted molar refractivity (Wildman–Crippen MR) is 109 cm³/mol. The molecule has 28 heavy (non-hydrogen) atoms. The molecule has 3 saturated carbocycles. The molecule has 1 heterocycles. The molecule has 2 amide bonds. The Bertz CT molecular complexity index is 727. The highest BCUT2D eigenvalue weighted by molar-refractivity contribution is 5.91. The van der Waals surface area contributed by atoms with Gasteiger partial charge in [0.1, 0.15) is 6.04 Å². The van der Waals surface area contributed by atoms with Crippen LogP contribution >= 0.6 is 0 Å². The Morgan fingerprint density at radius 1 is 0.893 bits per heavy atom. The Labute approximate surface area is 168 Å². The van der Waals surface area contributed by atoms with Crippen molar-refractivity contribution in [3.05, 3.63) is 35.9 Å². The first kappa shape index (κ1) is 18.2. The summed E-state index contributed by atoms with van der Waals surface area (Å²) in [5.74, 6) is 1.30. The van der Waals surface area contributed by atoms with E-state index in [1.165, 1.54) is 37.7 Å². The average molecular weight is 381 g/mol. The third-order valence-electron chi connectivity index (χ3n) is 7.68. The number of fused-ring (bicyclic) bond motifs is 1. The lowest BCUT2D eigenvalue weighted by atomic mass is 9.84. The largest absolute Gasteiger partial charge is 0.352 e. The van der Waals surface area contributed by atoms with E-state index in [-0.39, 0.29) is 29.8 Å². The molecule has 1 aliphatic heterocycles. The van der Waals surface area contributed by atoms with Gasteiger partial charge in [-0.3, -0.25) is 9.59 Å². The minimum atomic E-state index is -0.238. The smallest absolute Gasteiger partial charge is 0.243 e. The maximum atomic E-state index is 13.5. The average Bonchev–Trinajstić information content (AvgIpc) is 3.18. The zero-order valence-electron chi connectivity index (χ0n) is 16.7. The fraction of sp³-hybridized carbons (Fsp3) is 0.667. The first-order valence-corrected chi connectivity index (χ1v) is 11.4. The normalized spacial score (nSPS) is 34.9. The SMILES string of the molecule is O=C(NC1CCCC1)[C@@H]1C[C@@H]2CCCC[C@@H]2N1C(=O)[C@@H]1C[C@@H]1c1ccccc1. The molecule has 5 atom stereocenters. The number of hydrogen-bond acceptors (Lipinski definition) is 2. The molecule has 4 fully saturated rings. The molecular weight excluding hydrogens is 348 g/mol. The van der Waals surface area contributed by atoms with Crippen LogP contribution in [0.1, 0.15) is 75.7 Å². The second kappa shape index (κ2) is 7.53. The molecule has 0 spiro atoms. The van der Waals surface area contributed by atoms with Crippen molar-refractivity contribution in [1.29, 1.82) is 0 Å². The van der Waals surface area contributed by atoms with Gasteiger partial charge in [-0.25, -0.2) is 0 Å². The zero-order chi connectivity index (χ0) is 19.1. The van der Waals surface area contributed by atoms with Crippen LogP contribution in [0.5, 0.6) is 0 Å².